The van der Waals surface area contributed by atoms with Crippen LogP contribution in [-0.4, -0.2) is 71.7 Å². The molecule has 6 nitrogen and oxygen atoms in total. The molecule has 0 aromatic heterocycles. The maximum Gasteiger partial charge on any atom is 0.261 e. The fourth-order valence-corrected chi connectivity index (χ4v) is 6.75. The highest BCUT2D eigenvalue weighted by Crippen LogP contribution is 2.35. The molecule has 2 heterocycles. The third kappa shape index (κ3) is 5.62. The number of hydrogen-bond donors (Lipinski definition) is 1. The lowest BCUT2D eigenvalue weighted by Gasteiger charge is -2.38. The Bertz CT molecular complexity index is 1070. The number of carbonyl (C=O) groups excluding carboxylic acids is 2. The number of piperidine rings is 1. The molecule has 0 unspecified atom stereocenters. The number of aliphatic hydroxyl groups is 1. The van der Waals surface area contributed by atoms with E-state index in [0.717, 1.165) is 43.1 Å². The SMILES string of the molecule is CC(C)[C@H]1CC[C@@H](C)C[C@@H]1OC[C@@H](O)CN1CCC(CN2C(=O)c3cccc4cccc(c34)C2=O)CC1. The van der Waals surface area contributed by atoms with Gasteiger partial charge in [-0.25, -0.2) is 0 Å². The summed E-state index contributed by atoms with van der Waals surface area (Å²) in [4.78, 5) is 30.2. The molecule has 5 rings (SSSR count). The lowest BCUT2D eigenvalue weighted by Crippen LogP contribution is -2.46. The molecular formula is C31H42N2O4. The third-order valence-electron chi connectivity index (χ3n) is 8.94. The zero-order chi connectivity index (χ0) is 26.1. The molecule has 4 atom stereocenters. The van der Waals surface area contributed by atoms with Crippen LogP contribution in [0.15, 0.2) is 36.4 Å². The van der Waals surface area contributed by atoms with E-state index in [9.17, 15) is 14.7 Å². The zero-order valence-corrected chi connectivity index (χ0v) is 22.6. The van der Waals surface area contributed by atoms with Gasteiger partial charge in [0.25, 0.3) is 11.8 Å². The maximum absolute atomic E-state index is 13.2. The highest BCUT2D eigenvalue weighted by atomic mass is 16.5. The standard InChI is InChI=1S/C31H42N2O4/c1-20(2)25-11-10-21(3)16-28(25)37-19-24(34)18-32-14-12-22(13-15-32)17-33-30(35)26-8-4-6-23-7-5-9-27(29(23)26)31(33)36/h4-9,20-22,24-25,28,34H,10-19H2,1-3H3/t21-,24+,25-,28+/m1/s1. The first-order valence-corrected chi connectivity index (χ1v) is 14.2. The van der Waals surface area contributed by atoms with E-state index in [1.54, 1.807) is 0 Å². The summed E-state index contributed by atoms with van der Waals surface area (Å²) in [5.41, 5.74) is 1.25. The van der Waals surface area contributed by atoms with E-state index < -0.39 is 6.10 Å². The molecule has 1 saturated heterocycles. The van der Waals surface area contributed by atoms with Crippen molar-refractivity contribution < 1.29 is 19.4 Å². The van der Waals surface area contributed by atoms with Crippen LogP contribution in [0.5, 0.6) is 0 Å². The molecule has 0 bridgehead atoms. The summed E-state index contributed by atoms with van der Waals surface area (Å²) in [6.45, 7) is 10.0. The maximum atomic E-state index is 13.2. The number of nitrogens with zero attached hydrogens (tertiary/aromatic N) is 2. The summed E-state index contributed by atoms with van der Waals surface area (Å²) in [7, 11) is 0. The highest BCUT2D eigenvalue weighted by Gasteiger charge is 2.35. The summed E-state index contributed by atoms with van der Waals surface area (Å²) in [6.07, 6.45) is 5.15. The zero-order valence-electron chi connectivity index (χ0n) is 22.6. The molecule has 200 valence electrons. The van der Waals surface area contributed by atoms with E-state index in [1.165, 1.54) is 17.7 Å². The van der Waals surface area contributed by atoms with Crippen molar-refractivity contribution in [2.75, 3.05) is 32.8 Å². The second-order valence-corrected chi connectivity index (χ2v) is 12.0. The predicted molar refractivity (Wildman–Crippen MR) is 146 cm³/mol. The molecular weight excluding hydrogens is 464 g/mol. The summed E-state index contributed by atoms with van der Waals surface area (Å²) < 4.78 is 6.27. The van der Waals surface area contributed by atoms with Crippen molar-refractivity contribution in [1.82, 2.24) is 9.80 Å². The van der Waals surface area contributed by atoms with Gasteiger partial charge in [0, 0.05) is 29.6 Å². The summed E-state index contributed by atoms with van der Waals surface area (Å²) in [5, 5.41) is 12.4. The number of rotatable bonds is 8. The van der Waals surface area contributed by atoms with Gasteiger partial charge in [-0.15, -0.1) is 0 Å². The Morgan fingerprint density at radius 2 is 1.62 bits per heavy atom. The Morgan fingerprint density at radius 1 is 0.973 bits per heavy atom. The summed E-state index contributed by atoms with van der Waals surface area (Å²) >= 11 is 0. The Labute approximate surface area is 221 Å². The molecule has 0 radical (unpaired) electrons. The normalized spacial score (nSPS) is 26.3. The van der Waals surface area contributed by atoms with Gasteiger partial charge in [-0.2, -0.15) is 0 Å². The number of hydrogen-bond acceptors (Lipinski definition) is 5. The van der Waals surface area contributed by atoms with Crippen molar-refractivity contribution >= 4 is 22.6 Å². The van der Waals surface area contributed by atoms with E-state index >= 15 is 0 Å². The first-order valence-electron chi connectivity index (χ1n) is 14.2. The molecule has 2 aromatic rings. The number of β-amino-alcohol motifs (C(OH)–C–C–N with tert-alkyl or cyclic N) is 1. The fraction of sp³-hybridized carbons (Fsp3) is 0.613. The first kappa shape index (κ1) is 26.3. The van der Waals surface area contributed by atoms with Crippen molar-refractivity contribution in [3.8, 4) is 0 Å². The van der Waals surface area contributed by atoms with Crippen molar-refractivity contribution in [1.29, 1.82) is 0 Å². The smallest absolute Gasteiger partial charge is 0.261 e. The molecule has 0 spiro atoms. The monoisotopic (exact) mass is 506 g/mol. The Morgan fingerprint density at radius 3 is 2.24 bits per heavy atom. The molecule has 37 heavy (non-hydrogen) atoms. The van der Waals surface area contributed by atoms with Crippen molar-refractivity contribution in [3.63, 3.8) is 0 Å². The number of likely N-dealkylation sites (tertiary alicyclic amines) is 1. The van der Waals surface area contributed by atoms with E-state index in [4.69, 9.17) is 4.74 Å². The van der Waals surface area contributed by atoms with Crippen LogP contribution in [0.4, 0.5) is 0 Å². The van der Waals surface area contributed by atoms with Crippen LogP contribution in [0.25, 0.3) is 10.8 Å². The number of amides is 2. The third-order valence-corrected chi connectivity index (χ3v) is 8.94. The van der Waals surface area contributed by atoms with Crippen LogP contribution in [0.3, 0.4) is 0 Å². The van der Waals surface area contributed by atoms with Crippen LogP contribution in [0, 0.1) is 23.7 Å². The van der Waals surface area contributed by atoms with Crippen molar-refractivity contribution in [3.05, 3.63) is 47.5 Å². The van der Waals surface area contributed by atoms with Gasteiger partial charge in [-0.05, 0) is 80.0 Å². The van der Waals surface area contributed by atoms with Gasteiger partial charge in [-0.3, -0.25) is 14.5 Å². The van der Waals surface area contributed by atoms with Gasteiger partial charge in [0.15, 0.2) is 0 Å². The summed E-state index contributed by atoms with van der Waals surface area (Å²) in [6, 6.07) is 11.3. The van der Waals surface area contributed by atoms with E-state index in [0.29, 0.717) is 48.6 Å². The van der Waals surface area contributed by atoms with Gasteiger partial charge in [0.05, 0.1) is 18.8 Å². The van der Waals surface area contributed by atoms with Crippen LogP contribution < -0.4 is 0 Å². The topological polar surface area (TPSA) is 70.1 Å². The number of carbonyl (C=O) groups is 2. The van der Waals surface area contributed by atoms with Gasteiger partial charge in [-0.1, -0.05) is 51.5 Å². The number of ether oxygens (including phenoxy) is 1. The molecule has 1 saturated carbocycles. The lowest BCUT2D eigenvalue weighted by molar-refractivity contribution is -0.0750. The number of aliphatic hydroxyl groups excluding tert-OH is 1. The van der Waals surface area contributed by atoms with E-state index in [2.05, 4.69) is 25.7 Å². The second kappa shape index (κ2) is 11.2. The van der Waals surface area contributed by atoms with Gasteiger partial charge in [0.1, 0.15) is 0 Å². The Balaban J connectivity index is 1.11. The van der Waals surface area contributed by atoms with Crippen LogP contribution in [-0.2, 0) is 4.74 Å². The Hall–Kier alpha value is -2.28. The van der Waals surface area contributed by atoms with Gasteiger partial charge >= 0.3 is 0 Å². The predicted octanol–water partition coefficient (Wildman–Crippen LogP) is 4.99. The average Bonchev–Trinajstić information content (AvgIpc) is 2.89. The lowest BCUT2D eigenvalue weighted by atomic mass is 9.75. The highest BCUT2D eigenvalue weighted by molar-refractivity contribution is 6.25. The molecule has 2 amide bonds. The first-order chi connectivity index (χ1) is 17.8. The average molecular weight is 507 g/mol. The molecule has 2 aliphatic heterocycles. The molecule has 1 N–H and O–H groups in total. The summed E-state index contributed by atoms with van der Waals surface area (Å²) in [5.74, 6) is 1.79. The minimum atomic E-state index is -0.496. The van der Waals surface area contributed by atoms with Crippen molar-refractivity contribution in [2.24, 2.45) is 23.7 Å². The minimum absolute atomic E-state index is 0.180. The second-order valence-electron chi connectivity index (χ2n) is 12.0. The van der Waals surface area contributed by atoms with Crippen molar-refractivity contribution in [2.45, 2.75) is 65.1 Å². The quantitative estimate of drug-likeness (QED) is 0.511. The number of benzene rings is 2. The van der Waals surface area contributed by atoms with Crippen LogP contribution in [0.1, 0.15) is 73.6 Å². The minimum Gasteiger partial charge on any atom is -0.389 e. The van der Waals surface area contributed by atoms with Crippen LogP contribution in [0.2, 0.25) is 0 Å². The Kier molecular flexibility index (Phi) is 7.99. The van der Waals surface area contributed by atoms with Gasteiger partial charge in [0.2, 0.25) is 0 Å². The van der Waals surface area contributed by atoms with Crippen LogP contribution >= 0.6 is 0 Å². The molecule has 2 fully saturated rings. The molecule has 3 aliphatic rings. The molecule has 2 aromatic carbocycles. The van der Waals surface area contributed by atoms with E-state index in [-0.39, 0.29) is 23.8 Å². The molecule has 1 aliphatic carbocycles. The fourth-order valence-electron chi connectivity index (χ4n) is 6.75. The largest absolute Gasteiger partial charge is 0.389 e. The number of imide groups is 1. The molecule has 6 heteroatoms. The van der Waals surface area contributed by atoms with Gasteiger partial charge < -0.3 is 14.7 Å². The van der Waals surface area contributed by atoms with E-state index in [1.807, 2.05) is 36.4 Å².